The maximum absolute atomic E-state index is 13.0. The highest BCUT2D eigenvalue weighted by atomic mass is 35.5. The lowest BCUT2D eigenvalue weighted by molar-refractivity contribution is 0.0305. The number of hydrogen-bond donors (Lipinski definition) is 2. The quantitative estimate of drug-likeness (QED) is 0.588. The number of pyridine rings is 2. The van der Waals surface area contributed by atoms with Gasteiger partial charge in [-0.3, -0.25) is 4.72 Å². The molecule has 1 saturated heterocycles. The number of benzene rings is 1. The van der Waals surface area contributed by atoms with Crippen molar-refractivity contribution in [2.24, 2.45) is 0 Å². The lowest BCUT2D eigenvalue weighted by atomic mass is 9.97. The van der Waals surface area contributed by atoms with Gasteiger partial charge in [0.2, 0.25) is 0 Å². The molecule has 1 aliphatic rings. The van der Waals surface area contributed by atoms with Crippen LogP contribution in [0.2, 0.25) is 5.02 Å². The lowest BCUT2D eigenvalue weighted by Crippen LogP contribution is -2.60. The molecule has 3 heterocycles. The molecular weight excluding hydrogens is 450 g/mol. The van der Waals surface area contributed by atoms with Crippen molar-refractivity contribution in [3.63, 3.8) is 0 Å². The normalized spacial score (nSPS) is 15.0. The van der Waals surface area contributed by atoms with Crippen LogP contribution in [0.3, 0.4) is 0 Å². The van der Waals surface area contributed by atoms with Gasteiger partial charge in [-0.05, 0) is 55.8 Å². The summed E-state index contributed by atoms with van der Waals surface area (Å²) in [5, 5.41) is 19.3. The molecule has 2 N–H and O–H groups in total. The number of β-amino-alcohol motifs (C(OH)–C–C–N with tert-alkyl or cyclic N) is 1. The molecule has 164 valence electrons. The molecule has 0 aliphatic carbocycles. The van der Waals surface area contributed by atoms with Gasteiger partial charge in [0.05, 0.1) is 28.0 Å². The van der Waals surface area contributed by atoms with E-state index in [1.807, 2.05) is 6.92 Å². The summed E-state index contributed by atoms with van der Waals surface area (Å²) >= 11 is 6.33. The van der Waals surface area contributed by atoms with Crippen molar-refractivity contribution in [3.8, 4) is 17.3 Å². The Balaban J connectivity index is 1.64. The third kappa shape index (κ3) is 4.39. The van der Waals surface area contributed by atoms with Crippen LogP contribution in [0, 0.1) is 18.3 Å². The van der Waals surface area contributed by atoms with Gasteiger partial charge in [0.15, 0.2) is 5.03 Å². The molecule has 1 aromatic carbocycles. The lowest BCUT2D eigenvalue weighted by Gasteiger charge is -2.44. The second kappa shape index (κ2) is 8.06. The van der Waals surface area contributed by atoms with Crippen molar-refractivity contribution < 1.29 is 13.5 Å². The first-order chi connectivity index (χ1) is 15.1. The number of hydrogen-bond acceptors (Lipinski definition) is 7. The van der Waals surface area contributed by atoms with E-state index < -0.39 is 15.6 Å². The number of aliphatic hydroxyl groups is 1. The molecule has 0 saturated carbocycles. The van der Waals surface area contributed by atoms with Gasteiger partial charge < -0.3 is 10.0 Å². The van der Waals surface area contributed by atoms with E-state index in [2.05, 4.69) is 20.8 Å². The van der Waals surface area contributed by atoms with Crippen molar-refractivity contribution >= 4 is 33.3 Å². The monoisotopic (exact) mass is 469 g/mol. The molecule has 8 nitrogen and oxygen atoms in total. The first kappa shape index (κ1) is 22.0. The molecule has 0 amide bonds. The third-order valence-electron chi connectivity index (χ3n) is 5.08. The first-order valence-corrected chi connectivity index (χ1v) is 11.6. The molecule has 1 fully saturated rings. The minimum atomic E-state index is -4.03. The van der Waals surface area contributed by atoms with Crippen LogP contribution in [0.15, 0.2) is 53.6 Å². The predicted molar refractivity (Wildman–Crippen MR) is 122 cm³/mol. The van der Waals surface area contributed by atoms with Crippen molar-refractivity contribution in [1.29, 1.82) is 5.26 Å². The Bertz CT molecular complexity index is 1340. The van der Waals surface area contributed by atoms with Crippen molar-refractivity contribution in [2.45, 2.75) is 24.5 Å². The Hall–Kier alpha value is -3.19. The molecule has 32 heavy (non-hydrogen) atoms. The maximum atomic E-state index is 13.0. The van der Waals surface area contributed by atoms with Gasteiger partial charge >= 0.3 is 0 Å². The van der Waals surface area contributed by atoms with Crippen LogP contribution in [0.1, 0.15) is 18.1 Å². The van der Waals surface area contributed by atoms with Crippen molar-refractivity contribution in [3.05, 3.63) is 64.7 Å². The number of aromatic nitrogens is 2. The van der Waals surface area contributed by atoms with E-state index in [1.165, 1.54) is 12.1 Å². The van der Waals surface area contributed by atoms with Crippen molar-refractivity contribution in [1.82, 2.24) is 9.97 Å². The molecule has 0 atom stereocenters. The highest BCUT2D eigenvalue weighted by Crippen LogP contribution is 2.31. The number of nitrogens with zero attached hydrogens (tertiary/aromatic N) is 4. The number of nitrogens with one attached hydrogen (secondary N) is 1. The summed E-state index contributed by atoms with van der Waals surface area (Å²) in [5.74, 6) is 0.540. The molecule has 0 bridgehead atoms. The molecule has 0 radical (unpaired) electrons. The molecule has 3 aromatic rings. The topological polar surface area (TPSA) is 119 Å². The van der Waals surface area contributed by atoms with Crippen LogP contribution in [0.4, 0.5) is 11.6 Å². The fourth-order valence-corrected chi connectivity index (χ4v) is 4.66. The van der Waals surface area contributed by atoms with Gasteiger partial charge in [-0.2, -0.15) is 13.7 Å². The van der Waals surface area contributed by atoms with E-state index in [1.54, 1.807) is 48.2 Å². The van der Waals surface area contributed by atoms with E-state index in [-0.39, 0.29) is 10.8 Å². The smallest absolute Gasteiger partial charge is 0.280 e. The summed E-state index contributed by atoms with van der Waals surface area (Å²) < 4.78 is 28.4. The zero-order valence-corrected chi connectivity index (χ0v) is 18.9. The average molecular weight is 470 g/mol. The van der Waals surface area contributed by atoms with E-state index in [0.29, 0.717) is 40.8 Å². The molecule has 10 heteroatoms. The van der Waals surface area contributed by atoms with E-state index >= 15 is 0 Å². The largest absolute Gasteiger partial charge is 0.386 e. The standard InChI is InChI=1S/C22H20ClN5O3S/c1-14-6-7-15(11-24)10-16(14)21-17(23)8-9-18(25-21)27-32(30,31)20-5-3-4-19(26-20)28-12-22(2,29)13-28/h3-10,29H,12-13H2,1-2H3,(H,25,27). The minimum Gasteiger partial charge on any atom is -0.386 e. The van der Waals surface area contributed by atoms with Crippen LogP contribution in [-0.4, -0.2) is 42.2 Å². The summed E-state index contributed by atoms with van der Waals surface area (Å²) in [6, 6.07) is 14.9. The fourth-order valence-electron chi connectivity index (χ4n) is 3.49. The van der Waals surface area contributed by atoms with E-state index in [4.69, 9.17) is 11.6 Å². The van der Waals surface area contributed by atoms with Crippen LogP contribution in [0.5, 0.6) is 0 Å². The summed E-state index contributed by atoms with van der Waals surface area (Å²) in [6.07, 6.45) is 0. The molecular formula is C22H20ClN5O3S. The van der Waals surface area contributed by atoms with Gasteiger partial charge in [0.25, 0.3) is 10.0 Å². The van der Waals surface area contributed by atoms with Crippen LogP contribution in [0.25, 0.3) is 11.3 Å². The van der Waals surface area contributed by atoms with Crippen LogP contribution >= 0.6 is 11.6 Å². The number of nitriles is 1. The second-order valence-corrected chi connectivity index (χ2v) is 10.00. The molecule has 1 aliphatic heterocycles. The zero-order chi connectivity index (χ0) is 23.1. The number of anilines is 2. The third-order valence-corrected chi connectivity index (χ3v) is 6.64. The van der Waals surface area contributed by atoms with E-state index in [0.717, 1.165) is 5.56 Å². The summed E-state index contributed by atoms with van der Waals surface area (Å²) in [5.41, 5.74) is 1.49. The predicted octanol–water partition coefficient (Wildman–Crippen LogP) is 3.35. The summed E-state index contributed by atoms with van der Waals surface area (Å²) in [6.45, 7) is 4.32. The van der Waals surface area contributed by atoms with Gasteiger partial charge in [-0.15, -0.1) is 0 Å². The van der Waals surface area contributed by atoms with Crippen LogP contribution < -0.4 is 9.62 Å². The van der Waals surface area contributed by atoms with Gasteiger partial charge in [-0.25, -0.2) is 9.97 Å². The Labute approximate surface area is 191 Å². The molecule has 0 spiro atoms. The number of halogens is 1. The highest BCUT2D eigenvalue weighted by Gasteiger charge is 2.37. The Morgan fingerprint density at radius 3 is 2.62 bits per heavy atom. The van der Waals surface area contributed by atoms with Gasteiger partial charge in [0.1, 0.15) is 11.6 Å². The fraction of sp³-hybridized carbons (Fsp3) is 0.227. The van der Waals surface area contributed by atoms with Crippen molar-refractivity contribution in [2.75, 3.05) is 22.7 Å². The summed E-state index contributed by atoms with van der Waals surface area (Å²) in [7, 11) is -4.03. The number of sulfonamides is 1. The van der Waals surface area contributed by atoms with Crippen LogP contribution in [-0.2, 0) is 10.0 Å². The Kier molecular flexibility index (Phi) is 5.54. The average Bonchev–Trinajstić information content (AvgIpc) is 2.74. The second-order valence-electron chi connectivity index (χ2n) is 7.96. The zero-order valence-electron chi connectivity index (χ0n) is 17.4. The van der Waals surface area contributed by atoms with Gasteiger partial charge in [0, 0.05) is 18.7 Å². The van der Waals surface area contributed by atoms with E-state index in [9.17, 15) is 18.8 Å². The SMILES string of the molecule is Cc1ccc(C#N)cc1-c1nc(NS(=O)(=O)c2cccc(N3CC(C)(O)C3)n2)ccc1Cl. The summed E-state index contributed by atoms with van der Waals surface area (Å²) in [4.78, 5) is 10.4. The molecule has 2 aromatic heterocycles. The number of aryl methyl sites for hydroxylation is 1. The maximum Gasteiger partial charge on any atom is 0.280 e. The highest BCUT2D eigenvalue weighted by molar-refractivity contribution is 7.92. The first-order valence-electron chi connectivity index (χ1n) is 9.73. The van der Waals surface area contributed by atoms with Gasteiger partial charge in [-0.1, -0.05) is 23.7 Å². The molecule has 0 unspecified atom stereocenters. The Morgan fingerprint density at radius 1 is 1.19 bits per heavy atom. The Morgan fingerprint density at radius 2 is 1.94 bits per heavy atom. The molecule has 4 rings (SSSR count). The number of rotatable bonds is 5. The minimum absolute atomic E-state index is 0.0743.